The molecule has 2 aromatic carbocycles. The third-order valence-electron chi connectivity index (χ3n) is 3.71. The molecule has 1 amide bonds. The number of rotatable bonds is 3. The minimum Gasteiger partial charge on any atom is -0.496 e. The molecule has 1 fully saturated rings. The Morgan fingerprint density at radius 3 is 2.62 bits per heavy atom. The van der Waals surface area contributed by atoms with Gasteiger partial charge in [-0.3, -0.25) is 9.69 Å². The largest absolute Gasteiger partial charge is 0.496 e. The summed E-state index contributed by atoms with van der Waals surface area (Å²) < 4.78 is 5.34. The number of nitrogens with zero attached hydrogens (tertiary/aromatic N) is 2. The highest BCUT2D eigenvalue weighted by molar-refractivity contribution is 8.18. The van der Waals surface area contributed by atoms with E-state index in [1.165, 1.54) is 11.8 Å². The number of thioether (sulfide) groups is 1. The Balaban J connectivity index is 1.90. The topological polar surface area (TPSA) is 41.9 Å². The van der Waals surface area contributed by atoms with Crippen molar-refractivity contribution < 1.29 is 9.53 Å². The van der Waals surface area contributed by atoms with Gasteiger partial charge in [0.1, 0.15) is 5.75 Å². The van der Waals surface area contributed by atoms with Gasteiger partial charge in [-0.2, -0.15) is 0 Å². The lowest BCUT2D eigenvalue weighted by molar-refractivity contribution is -0.121. The molecular formula is C19H18N2O2S. The standard InChI is InChI=1S/C19H18N2O2S/c1-13-9-10-14(11-16(13)23-3)12-17-18(22)21(2)19(24-17)20-15-7-5-4-6-8-15/h4-12H,1-3H3/b17-12+,20-19?. The first kappa shape index (κ1) is 16.3. The molecule has 1 saturated heterocycles. The van der Waals surface area contributed by atoms with Gasteiger partial charge in [-0.05, 0) is 54.1 Å². The molecule has 0 unspecified atom stereocenters. The second-order valence-corrected chi connectivity index (χ2v) is 6.44. The molecule has 4 nitrogen and oxygen atoms in total. The monoisotopic (exact) mass is 338 g/mol. The van der Waals surface area contributed by atoms with Crippen molar-refractivity contribution in [3.63, 3.8) is 0 Å². The van der Waals surface area contributed by atoms with Gasteiger partial charge in [0.2, 0.25) is 0 Å². The summed E-state index contributed by atoms with van der Waals surface area (Å²) in [5.74, 6) is 0.764. The van der Waals surface area contributed by atoms with Crippen LogP contribution >= 0.6 is 11.8 Å². The molecule has 0 aromatic heterocycles. The number of amides is 1. The fourth-order valence-corrected chi connectivity index (χ4v) is 3.33. The Morgan fingerprint density at radius 1 is 1.17 bits per heavy atom. The normalized spacial score (nSPS) is 17.8. The molecule has 5 heteroatoms. The highest BCUT2D eigenvalue weighted by Gasteiger charge is 2.30. The van der Waals surface area contributed by atoms with Gasteiger partial charge in [0.05, 0.1) is 17.7 Å². The van der Waals surface area contributed by atoms with Crippen LogP contribution in [0.25, 0.3) is 6.08 Å². The zero-order chi connectivity index (χ0) is 17.1. The summed E-state index contributed by atoms with van der Waals surface area (Å²) in [6.45, 7) is 1.99. The van der Waals surface area contributed by atoms with E-state index in [1.54, 1.807) is 19.1 Å². The fourth-order valence-electron chi connectivity index (χ4n) is 2.34. The van der Waals surface area contributed by atoms with Crippen molar-refractivity contribution in [3.8, 4) is 5.75 Å². The van der Waals surface area contributed by atoms with Crippen molar-refractivity contribution in [2.75, 3.05) is 14.2 Å². The van der Waals surface area contributed by atoms with Gasteiger partial charge in [0, 0.05) is 7.05 Å². The number of carbonyl (C=O) groups is 1. The first-order valence-corrected chi connectivity index (χ1v) is 8.36. The van der Waals surface area contributed by atoms with Gasteiger partial charge >= 0.3 is 0 Å². The van der Waals surface area contributed by atoms with E-state index in [-0.39, 0.29) is 5.91 Å². The van der Waals surface area contributed by atoms with Gasteiger partial charge in [-0.15, -0.1) is 0 Å². The van der Waals surface area contributed by atoms with E-state index in [9.17, 15) is 4.79 Å². The number of carbonyl (C=O) groups excluding carboxylic acids is 1. The number of aryl methyl sites for hydroxylation is 1. The summed E-state index contributed by atoms with van der Waals surface area (Å²) in [5, 5.41) is 0.677. The molecule has 0 bridgehead atoms. The zero-order valence-electron chi connectivity index (χ0n) is 13.8. The van der Waals surface area contributed by atoms with Gasteiger partial charge < -0.3 is 4.74 Å². The molecule has 1 aliphatic heterocycles. The van der Waals surface area contributed by atoms with Crippen LogP contribution in [0.2, 0.25) is 0 Å². The van der Waals surface area contributed by atoms with Crippen LogP contribution in [0, 0.1) is 6.92 Å². The highest BCUT2D eigenvalue weighted by Crippen LogP contribution is 2.33. The van der Waals surface area contributed by atoms with E-state index in [1.807, 2.05) is 61.5 Å². The summed E-state index contributed by atoms with van der Waals surface area (Å²) in [7, 11) is 3.39. The smallest absolute Gasteiger partial charge is 0.266 e. The molecule has 1 aliphatic rings. The molecule has 0 spiro atoms. The Kier molecular flexibility index (Phi) is 4.71. The average Bonchev–Trinajstić information content (AvgIpc) is 2.85. The van der Waals surface area contributed by atoms with Crippen LogP contribution in [-0.2, 0) is 4.79 Å². The number of hydrogen-bond acceptors (Lipinski definition) is 4. The van der Waals surface area contributed by atoms with Crippen LogP contribution < -0.4 is 4.74 Å². The van der Waals surface area contributed by atoms with E-state index in [2.05, 4.69) is 4.99 Å². The molecule has 0 radical (unpaired) electrons. The quantitative estimate of drug-likeness (QED) is 0.786. The minimum atomic E-state index is -0.0470. The minimum absolute atomic E-state index is 0.0470. The maximum absolute atomic E-state index is 12.5. The van der Waals surface area contributed by atoms with Crippen molar-refractivity contribution in [2.24, 2.45) is 4.99 Å². The van der Waals surface area contributed by atoms with E-state index < -0.39 is 0 Å². The molecular weight excluding hydrogens is 320 g/mol. The van der Waals surface area contributed by atoms with Gasteiger partial charge in [0.25, 0.3) is 5.91 Å². The Bertz CT molecular complexity index is 829. The van der Waals surface area contributed by atoms with Crippen molar-refractivity contribution in [3.05, 3.63) is 64.6 Å². The SMILES string of the molecule is COc1cc(/C=C2/SC(=Nc3ccccc3)N(C)C2=O)ccc1C. The number of ether oxygens (including phenoxy) is 1. The van der Waals surface area contributed by atoms with Gasteiger partial charge in [0.15, 0.2) is 5.17 Å². The number of methoxy groups -OCH3 is 1. The van der Waals surface area contributed by atoms with Gasteiger partial charge in [-0.1, -0.05) is 30.3 Å². The summed E-state index contributed by atoms with van der Waals surface area (Å²) >= 11 is 1.38. The maximum Gasteiger partial charge on any atom is 0.266 e. The van der Waals surface area contributed by atoms with Crippen molar-refractivity contribution in [1.82, 2.24) is 4.90 Å². The van der Waals surface area contributed by atoms with Crippen molar-refractivity contribution in [2.45, 2.75) is 6.92 Å². The number of para-hydroxylation sites is 1. The molecule has 122 valence electrons. The lowest BCUT2D eigenvalue weighted by Crippen LogP contribution is -2.23. The summed E-state index contributed by atoms with van der Waals surface area (Å²) in [6.07, 6.45) is 1.87. The molecule has 0 saturated carbocycles. The molecule has 0 atom stereocenters. The lowest BCUT2D eigenvalue weighted by atomic mass is 10.1. The molecule has 3 rings (SSSR count). The predicted molar refractivity (Wildman–Crippen MR) is 99.6 cm³/mol. The first-order valence-electron chi connectivity index (χ1n) is 7.54. The third-order valence-corrected chi connectivity index (χ3v) is 4.77. The number of amidine groups is 1. The summed E-state index contributed by atoms with van der Waals surface area (Å²) in [5.41, 5.74) is 2.83. The number of hydrogen-bond donors (Lipinski definition) is 0. The number of aliphatic imine (C=N–C) groups is 1. The van der Waals surface area contributed by atoms with E-state index in [0.717, 1.165) is 22.6 Å². The molecule has 1 heterocycles. The Hall–Kier alpha value is -2.53. The fraction of sp³-hybridized carbons (Fsp3) is 0.158. The molecule has 2 aromatic rings. The van der Waals surface area contributed by atoms with Crippen LogP contribution in [-0.4, -0.2) is 30.1 Å². The Morgan fingerprint density at radius 2 is 1.92 bits per heavy atom. The molecule has 0 aliphatic carbocycles. The van der Waals surface area contributed by atoms with Crippen LogP contribution in [0.4, 0.5) is 5.69 Å². The van der Waals surface area contributed by atoms with E-state index in [4.69, 9.17) is 4.74 Å². The van der Waals surface area contributed by atoms with Gasteiger partial charge in [-0.25, -0.2) is 4.99 Å². The number of benzene rings is 2. The van der Waals surface area contributed by atoms with Crippen LogP contribution in [0.1, 0.15) is 11.1 Å². The van der Waals surface area contributed by atoms with Crippen molar-refractivity contribution in [1.29, 1.82) is 0 Å². The van der Waals surface area contributed by atoms with Crippen LogP contribution in [0.15, 0.2) is 58.4 Å². The highest BCUT2D eigenvalue weighted by atomic mass is 32.2. The zero-order valence-corrected chi connectivity index (χ0v) is 14.6. The second kappa shape index (κ2) is 6.93. The first-order chi connectivity index (χ1) is 11.6. The van der Waals surface area contributed by atoms with Crippen LogP contribution in [0.5, 0.6) is 5.75 Å². The third kappa shape index (κ3) is 3.36. The van der Waals surface area contributed by atoms with Crippen molar-refractivity contribution >= 4 is 34.6 Å². The summed E-state index contributed by atoms with van der Waals surface area (Å²) in [4.78, 5) is 19.2. The average molecular weight is 338 g/mol. The Labute approximate surface area is 145 Å². The molecule has 24 heavy (non-hydrogen) atoms. The summed E-state index contributed by atoms with van der Waals surface area (Å²) in [6, 6.07) is 15.5. The van der Waals surface area contributed by atoms with E-state index in [0.29, 0.717) is 10.1 Å². The van der Waals surface area contributed by atoms with Crippen LogP contribution in [0.3, 0.4) is 0 Å². The predicted octanol–water partition coefficient (Wildman–Crippen LogP) is 4.24. The molecule has 0 N–H and O–H groups in total. The second-order valence-electron chi connectivity index (χ2n) is 5.43. The maximum atomic E-state index is 12.5. The van der Waals surface area contributed by atoms with E-state index >= 15 is 0 Å². The number of likely N-dealkylation sites (N-methyl/N-ethyl adjacent to an activating group) is 1. The lowest BCUT2D eigenvalue weighted by Gasteiger charge is -2.07.